The third kappa shape index (κ3) is 5.43. The highest BCUT2D eigenvalue weighted by Gasteiger charge is 2.16. The number of rotatable bonds is 9. The van der Waals surface area contributed by atoms with E-state index in [-0.39, 0.29) is 11.2 Å². The van der Waals surface area contributed by atoms with Crippen LogP contribution in [0, 0.1) is 0 Å². The number of carbonyl (C=O) groups excluding carboxylic acids is 1. The number of thiophene rings is 1. The number of hydrogen-bond donors (Lipinski definition) is 2. The molecule has 0 aromatic carbocycles. The van der Waals surface area contributed by atoms with E-state index in [0.29, 0.717) is 6.54 Å². The van der Waals surface area contributed by atoms with Crippen molar-refractivity contribution >= 4 is 45.5 Å². The van der Waals surface area contributed by atoms with Crippen molar-refractivity contribution in [3.05, 3.63) is 35.0 Å². The van der Waals surface area contributed by atoms with Crippen LogP contribution in [0.15, 0.2) is 34.5 Å². The Morgan fingerprint density at radius 3 is 3.14 bits per heavy atom. The molecule has 0 bridgehead atoms. The van der Waals surface area contributed by atoms with E-state index in [0.717, 1.165) is 22.4 Å². The van der Waals surface area contributed by atoms with Gasteiger partial charge < -0.3 is 10.6 Å². The van der Waals surface area contributed by atoms with E-state index in [1.807, 2.05) is 6.92 Å². The number of thioether (sulfide) groups is 1. The highest BCUT2D eigenvalue weighted by atomic mass is 32.2. The second kappa shape index (κ2) is 8.92. The number of nitrogens with one attached hydrogen (secondary N) is 2. The number of aromatic nitrogens is 2. The van der Waals surface area contributed by atoms with E-state index in [1.54, 1.807) is 17.4 Å². The molecule has 0 saturated carbocycles. The zero-order valence-corrected chi connectivity index (χ0v) is 14.7. The van der Waals surface area contributed by atoms with Gasteiger partial charge in [0.15, 0.2) is 4.34 Å². The average molecular weight is 355 g/mol. The molecule has 2 aromatic rings. The summed E-state index contributed by atoms with van der Waals surface area (Å²) in [4.78, 5) is 13.1. The molecule has 0 spiro atoms. The molecule has 0 aliphatic rings. The maximum Gasteiger partial charge on any atom is 0.233 e. The van der Waals surface area contributed by atoms with Gasteiger partial charge >= 0.3 is 0 Å². The lowest BCUT2D eigenvalue weighted by atomic mass is 10.3. The Kier molecular flexibility index (Phi) is 6.88. The minimum atomic E-state index is -0.202. The fourth-order valence-electron chi connectivity index (χ4n) is 1.60. The van der Waals surface area contributed by atoms with Crippen molar-refractivity contribution < 1.29 is 4.79 Å². The summed E-state index contributed by atoms with van der Waals surface area (Å²) >= 11 is 4.64. The van der Waals surface area contributed by atoms with Crippen molar-refractivity contribution in [3.8, 4) is 0 Å². The molecular formula is C14H18N4OS3. The molecule has 0 aliphatic carbocycles. The van der Waals surface area contributed by atoms with Crippen LogP contribution in [-0.2, 0) is 11.2 Å². The van der Waals surface area contributed by atoms with Gasteiger partial charge in [-0.25, -0.2) is 0 Å². The van der Waals surface area contributed by atoms with Gasteiger partial charge in [0.25, 0.3) is 0 Å². The summed E-state index contributed by atoms with van der Waals surface area (Å²) in [5, 5.41) is 16.9. The lowest BCUT2D eigenvalue weighted by Crippen LogP contribution is -2.30. The number of carbonyl (C=O) groups is 1. The van der Waals surface area contributed by atoms with Crippen LogP contribution in [0.3, 0.4) is 0 Å². The number of hydrogen-bond acceptors (Lipinski definition) is 7. The first-order chi connectivity index (χ1) is 10.7. The van der Waals surface area contributed by atoms with Crippen LogP contribution in [0.25, 0.3) is 0 Å². The first kappa shape index (κ1) is 17.0. The van der Waals surface area contributed by atoms with E-state index >= 15 is 0 Å². The Bertz CT molecular complexity index is 597. The van der Waals surface area contributed by atoms with E-state index in [4.69, 9.17) is 0 Å². The van der Waals surface area contributed by atoms with Crippen molar-refractivity contribution in [2.45, 2.75) is 22.9 Å². The predicted octanol–water partition coefficient (Wildman–Crippen LogP) is 3.04. The zero-order chi connectivity index (χ0) is 15.8. The topological polar surface area (TPSA) is 66.9 Å². The lowest BCUT2D eigenvalue weighted by molar-refractivity contribution is -0.120. The van der Waals surface area contributed by atoms with Crippen molar-refractivity contribution in [2.24, 2.45) is 0 Å². The van der Waals surface area contributed by atoms with Gasteiger partial charge in [-0.3, -0.25) is 4.79 Å². The normalized spacial score (nSPS) is 11.9. The quantitative estimate of drug-likeness (QED) is 0.535. The Balaban J connectivity index is 1.75. The highest BCUT2D eigenvalue weighted by Crippen LogP contribution is 2.28. The van der Waals surface area contributed by atoms with Crippen molar-refractivity contribution in [2.75, 3.05) is 18.4 Å². The molecule has 2 heterocycles. The van der Waals surface area contributed by atoms with E-state index in [9.17, 15) is 4.79 Å². The zero-order valence-electron chi connectivity index (χ0n) is 12.2. The predicted molar refractivity (Wildman–Crippen MR) is 94.9 cm³/mol. The first-order valence-electron chi connectivity index (χ1n) is 6.84. The molecule has 0 radical (unpaired) electrons. The van der Waals surface area contributed by atoms with Gasteiger partial charge in [0.1, 0.15) is 0 Å². The summed E-state index contributed by atoms with van der Waals surface area (Å²) < 4.78 is 0.792. The lowest BCUT2D eigenvalue weighted by Gasteiger charge is -2.07. The van der Waals surface area contributed by atoms with Crippen LogP contribution in [0.2, 0.25) is 0 Å². The van der Waals surface area contributed by atoms with Gasteiger partial charge in [-0.2, -0.15) is 0 Å². The van der Waals surface area contributed by atoms with Gasteiger partial charge in [-0.05, 0) is 24.8 Å². The molecule has 0 saturated heterocycles. The molecule has 1 unspecified atom stereocenters. The van der Waals surface area contributed by atoms with E-state index in [2.05, 4.69) is 44.9 Å². The van der Waals surface area contributed by atoms with Crippen LogP contribution in [0.4, 0.5) is 5.13 Å². The molecule has 118 valence electrons. The minimum absolute atomic E-state index is 0.0210. The van der Waals surface area contributed by atoms with Gasteiger partial charge in [0, 0.05) is 18.0 Å². The monoisotopic (exact) mass is 354 g/mol. The third-order valence-electron chi connectivity index (χ3n) is 2.70. The van der Waals surface area contributed by atoms with Crippen LogP contribution in [0.5, 0.6) is 0 Å². The Morgan fingerprint density at radius 2 is 2.41 bits per heavy atom. The maximum atomic E-state index is 11.8. The summed E-state index contributed by atoms with van der Waals surface area (Å²) in [5.41, 5.74) is 0. The molecule has 2 aromatic heterocycles. The Hall–Kier alpha value is -1.38. The summed E-state index contributed by atoms with van der Waals surface area (Å²) in [5.74, 6) is -0.0210. The number of anilines is 1. The number of amides is 1. The fourth-order valence-corrected chi connectivity index (χ4v) is 4.25. The minimum Gasteiger partial charge on any atom is -0.360 e. The molecule has 0 fully saturated rings. The largest absolute Gasteiger partial charge is 0.360 e. The van der Waals surface area contributed by atoms with Crippen LogP contribution in [-0.4, -0.2) is 34.4 Å². The molecule has 1 amide bonds. The molecule has 5 nitrogen and oxygen atoms in total. The van der Waals surface area contributed by atoms with Gasteiger partial charge in [0.2, 0.25) is 11.0 Å². The van der Waals surface area contributed by atoms with Gasteiger partial charge in [0.05, 0.1) is 5.25 Å². The Labute approximate surface area is 142 Å². The van der Waals surface area contributed by atoms with Crippen LogP contribution < -0.4 is 10.6 Å². The molecule has 0 aliphatic heterocycles. The molecule has 2 rings (SSSR count). The van der Waals surface area contributed by atoms with Gasteiger partial charge in [-0.1, -0.05) is 35.2 Å². The SMILES string of the molecule is C=CCNC(=O)C(C)Sc1nnc(NCCc2cccs2)s1. The molecular weight excluding hydrogens is 336 g/mol. The summed E-state index contributed by atoms with van der Waals surface area (Å²) in [6.07, 6.45) is 2.63. The molecule has 1 atom stereocenters. The summed E-state index contributed by atoms with van der Waals surface area (Å²) in [6, 6.07) is 4.18. The first-order valence-corrected chi connectivity index (χ1v) is 9.41. The van der Waals surface area contributed by atoms with Crippen LogP contribution in [0.1, 0.15) is 11.8 Å². The van der Waals surface area contributed by atoms with E-state index < -0.39 is 0 Å². The van der Waals surface area contributed by atoms with Crippen LogP contribution >= 0.6 is 34.4 Å². The highest BCUT2D eigenvalue weighted by molar-refractivity contribution is 8.02. The van der Waals surface area contributed by atoms with Crippen molar-refractivity contribution in [1.29, 1.82) is 0 Å². The second-order valence-electron chi connectivity index (χ2n) is 4.42. The third-order valence-corrected chi connectivity index (χ3v) is 5.70. The summed E-state index contributed by atoms with van der Waals surface area (Å²) in [6.45, 7) is 6.74. The van der Waals surface area contributed by atoms with Gasteiger partial charge in [-0.15, -0.1) is 28.1 Å². The average Bonchev–Trinajstić information content (AvgIpc) is 3.17. The smallest absolute Gasteiger partial charge is 0.233 e. The molecule has 8 heteroatoms. The van der Waals surface area contributed by atoms with Crippen molar-refractivity contribution in [3.63, 3.8) is 0 Å². The second-order valence-corrected chi connectivity index (χ2v) is 8.02. The Morgan fingerprint density at radius 1 is 1.55 bits per heavy atom. The molecule has 2 N–H and O–H groups in total. The molecule has 22 heavy (non-hydrogen) atoms. The number of nitrogens with zero attached hydrogens (tertiary/aromatic N) is 2. The standard InChI is InChI=1S/C14H18N4OS3/c1-3-7-15-12(19)10(2)21-14-18-17-13(22-14)16-8-6-11-5-4-9-20-11/h3-5,9-10H,1,6-8H2,2H3,(H,15,19)(H,16,17). The van der Waals surface area contributed by atoms with E-state index in [1.165, 1.54) is 28.0 Å². The maximum absolute atomic E-state index is 11.8. The van der Waals surface area contributed by atoms with Crippen molar-refractivity contribution in [1.82, 2.24) is 15.5 Å². The fraction of sp³-hybridized carbons (Fsp3) is 0.357. The summed E-state index contributed by atoms with van der Waals surface area (Å²) in [7, 11) is 0.